The molecule has 0 fully saturated rings. The molecule has 1 aliphatic rings. The summed E-state index contributed by atoms with van der Waals surface area (Å²) in [4.78, 5) is 11.4. The highest BCUT2D eigenvalue weighted by Gasteiger charge is 2.11. The van der Waals surface area contributed by atoms with Crippen LogP contribution in [-0.4, -0.2) is 17.7 Å². The Bertz CT molecular complexity index is 465. The number of carbonyl (C=O) groups is 1. The molecule has 20 heavy (non-hydrogen) atoms. The Morgan fingerprint density at radius 1 is 1.10 bits per heavy atom. The number of cyclic esters (lactones) is 1. The van der Waals surface area contributed by atoms with Crippen LogP contribution in [0, 0.1) is 0 Å². The van der Waals surface area contributed by atoms with Gasteiger partial charge in [-0.3, -0.25) is 0 Å². The largest absolute Gasteiger partial charge is 0.463 e. The van der Waals surface area contributed by atoms with E-state index in [-0.39, 0.29) is 5.97 Å². The molecule has 1 aliphatic heterocycles. The van der Waals surface area contributed by atoms with Crippen LogP contribution >= 0.6 is 0 Å². The van der Waals surface area contributed by atoms with Crippen molar-refractivity contribution in [2.45, 2.75) is 44.6 Å². The molecule has 3 nitrogen and oxygen atoms in total. The fourth-order valence-corrected chi connectivity index (χ4v) is 2.50. The molecule has 1 aromatic rings. The van der Waals surface area contributed by atoms with Crippen LogP contribution in [0.4, 0.5) is 0 Å². The lowest BCUT2D eigenvalue weighted by atomic mass is 9.96. The monoisotopic (exact) mass is 274 g/mol. The van der Waals surface area contributed by atoms with Crippen molar-refractivity contribution in [3.63, 3.8) is 0 Å². The Morgan fingerprint density at radius 2 is 1.90 bits per heavy atom. The van der Waals surface area contributed by atoms with Crippen molar-refractivity contribution < 1.29 is 14.6 Å². The number of fused-ring (bicyclic) bond motifs is 1. The first kappa shape index (κ1) is 14.8. The van der Waals surface area contributed by atoms with E-state index in [0.29, 0.717) is 13.0 Å². The molecule has 0 unspecified atom stereocenters. The maximum Gasteiger partial charge on any atom is 0.330 e. The molecule has 0 aliphatic carbocycles. The summed E-state index contributed by atoms with van der Waals surface area (Å²) in [7, 11) is 0. The van der Waals surface area contributed by atoms with Crippen molar-refractivity contribution in [2.24, 2.45) is 0 Å². The molecule has 0 spiro atoms. The summed E-state index contributed by atoms with van der Waals surface area (Å²) < 4.78 is 5.08. The van der Waals surface area contributed by atoms with E-state index in [9.17, 15) is 9.90 Å². The molecule has 0 saturated carbocycles. The van der Waals surface area contributed by atoms with Crippen LogP contribution in [0.25, 0.3) is 0 Å². The highest BCUT2D eigenvalue weighted by Crippen LogP contribution is 2.23. The van der Waals surface area contributed by atoms with Gasteiger partial charge in [0.05, 0.1) is 12.7 Å². The predicted molar refractivity (Wildman–Crippen MR) is 78.3 cm³/mol. The second kappa shape index (κ2) is 7.85. The van der Waals surface area contributed by atoms with Gasteiger partial charge in [0.2, 0.25) is 0 Å². The molecule has 0 amide bonds. The molecule has 0 aromatic heterocycles. The lowest BCUT2D eigenvalue weighted by Crippen LogP contribution is -2.05. The molecule has 0 bridgehead atoms. The van der Waals surface area contributed by atoms with E-state index in [1.807, 2.05) is 18.2 Å². The fourth-order valence-electron chi connectivity index (χ4n) is 2.50. The van der Waals surface area contributed by atoms with Gasteiger partial charge in [-0.2, -0.15) is 0 Å². The smallest absolute Gasteiger partial charge is 0.330 e. The second-order valence-electron chi connectivity index (χ2n) is 5.18. The van der Waals surface area contributed by atoms with Crippen molar-refractivity contribution in [1.29, 1.82) is 0 Å². The second-order valence-corrected chi connectivity index (χ2v) is 5.18. The number of hydrogen-bond acceptors (Lipinski definition) is 3. The Morgan fingerprint density at radius 3 is 2.80 bits per heavy atom. The maximum absolute atomic E-state index is 11.4. The number of aliphatic hydroxyl groups is 1. The van der Waals surface area contributed by atoms with E-state index < -0.39 is 6.10 Å². The molecular formula is C17H22O3. The minimum absolute atomic E-state index is 0.317. The molecular weight excluding hydrogens is 252 g/mol. The molecule has 1 heterocycles. The zero-order valence-electron chi connectivity index (χ0n) is 11.8. The van der Waals surface area contributed by atoms with Gasteiger partial charge in [-0.05, 0) is 36.8 Å². The summed E-state index contributed by atoms with van der Waals surface area (Å²) >= 11 is 0. The predicted octanol–water partition coefficient (Wildman–Crippen LogP) is 3.33. The first-order valence-corrected chi connectivity index (χ1v) is 7.36. The topological polar surface area (TPSA) is 46.5 Å². The quantitative estimate of drug-likeness (QED) is 0.738. The van der Waals surface area contributed by atoms with Crippen molar-refractivity contribution >= 4 is 5.97 Å². The van der Waals surface area contributed by atoms with Gasteiger partial charge in [0.1, 0.15) is 0 Å². The van der Waals surface area contributed by atoms with Crippen LogP contribution in [0.15, 0.2) is 36.4 Å². The van der Waals surface area contributed by atoms with Crippen molar-refractivity contribution in [3.8, 4) is 0 Å². The van der Waals surface area contributed by atoms with Crippen LogP contribution < -0.4 is 0 Å². The van der Waals surface area contributed by atoms with Gasteiger partial charge in [-0.25, -0.2) is 4.79 Å². The number of aryl methyl sites for hydroxylation is 1. The summed E-state index contributed by atoms with van der Waals surface area (Å²) in [6, 6.07) is 8.02. The summed E-state index contributed by atoms with van der Waals surface area (Å²) in [5, 5.41) is 10.3. The summed E-state index contributed by atoms with van der Waals surface area (Å²) in [6.07, 6.45) is 8.20. The number of esters is 1. The highest BCUT2D eigenvalue weighted by atomic mass is 16.5. The Hall–Kier alpha value is -1.61. The Kier molecular flexibility index (Phi) is 5.81. The van der Waals surface area contributed by atoms with Crippen LogP contribution in [0.5, 0.6) is 0 Å². The number of ether oxygens (including phenoxy) is 1. The number of hydrogen-bond donors (Lipinski definition) is 1. The van der Waals surface area contributed by atoms with Gasteiger partial charge in [-0.15, -0.1) is 0 Å². The van der Waals surface area contributed by atoms with Gasteiger partial charge in [0.25, 0.3) is 0 Å². The minimum atomic E-state index is -0.557. The van der Waals surface area contributed by atoms with E-state index in [0.717, 1.165) is 37.7 Å². The first-order chi connectivity index (χ1) is 9.77. The highest BCUT2D eigenvalue weighted by molar-refractivity contribution is 5.81. The lowest BCUT2D eigenvalue weighted by molar-refractivity contribution is -0.137. The minimum Gasteiger partial charge on any atom is -0.463 e. The fraction of sp³-hybridized carbons (Fsp3) is 0.471. The Labute approximate surface area is 120 Å². The van der Waals surface area contributed by atoms with Crippen LogP contribution in [0.1, 0.15) is 49.3 Å². The molecule has 1 atom stereocenters. The third-order valence-electron chi connectivity index (χ3n) is 3.61. The number of carbonyl (C=O) groups excluding carboxylic acids is 1. The number of aliphatic hydroxyl groups excluding tert-OH is 1. The van der Waals surface area contributed by atoms with Gasteiger partial charge in [0.15, 0.2) is 0 Å². The standard InChI is InChI=1S/C17H22O3/c18-16-11-7-12-17(19)20-13-6-2-1-3-8-14-9-4-5-10-15(14)16/h4-5,7,9-10,12,16,18H,1-3,6,8,11,13H2/b12-7+/t16-/m0/s1. The van der Waals surface area contributed by atoms with E-state index >= 15 is 0 Å². The van der Waals surface area contributed by atoms with E-state index in [2.05, 4.69) is 6.07 Å². The first-order valence-electron chi connectivity index (χ1n) is 7.36. The third-order valence-corrected chi connectivity index (χ3v) is 3.61. The van der Waals surface area contributed by atoms with Gasteiger partial charge in [-0.1, -0.05) is 43.2 Å². The Balaban J connectivity index is 2.11. The van der Waals surface area contributed by atoms with E-state index in [1.165, 1.54) is 11.6 Å². The number of benzene rings is 1. The summed E-state index contributed by atoms with van der Waals surface area (Å²) in [6.45, 7) is 0.488. The average Bonchev–Trinajstić information content (AvgIpc) is 2.46. The molecule has 2 rings (SSSR count). The summed E-state index contributed by atoms with van der Waals surface area (Å²) in [5.41, 5.74) is 2.19. The normalized spacial score (nSPS) is 23.2. The van der Waals surface area contributed by atoms with E-state index in [1.54, 1.807) is 6.08 Å². The van der Waals surface area contributed by atoms with Crippen molar-refractivity contribution in [3.05, 3.63) is 47.5 Å². The zero-order valence-corrected chi connectivity index (χ0v) is 11.8. The van der Waals surface area contributed by atoms with Gasteiger partial charge < -0.3 is 9.84 Å². The van der Waals surface area contributed by atoms with Crippen molar-refractivity contribution in [2.75, 3.05) is 6.61 Å². The average molecular weight is 274 g/mol. The lowest BCUT2D eigenvalue weighted by Gasteiger charge is -2.14. The van der Waals surface area contributed by atoms with E-state index in [4.69, 9.17) is 4.74 Å². The summed E-state index contributed by atoms with van der Waals surface area (Å²) in [5.74, 6) is -0.317. The van der Waals surface area contributed by atoms with Crippen LogP contribution in [0.2, 0.25) is 0 Å². The molecule has 3 heteroatoms. The van der Waals surface area contributed by atoms with Crippen LogP contribution in [0.3, 0.4) is 0 Å². The van der Waals surface area contributed by atoms with Gasteiger partial charge in [0, 0.05) is 6.08 Å². The molecule has 0 saturated heterocycles. The van der Waals surface area contributed by atoms with Crippen molar-refractivity contribution in [1.82, 2.24) is 0 Å². The molecule has 1 N–H and O–H groups in total. The third kappa shape index (κ3) is 4.49. The van der Waals surface area contributed by atoms with Gasteiger partial charge >= 0.3 is 5.97 Å². The SMILES string of the molecule is O=C1/C=C/C[C@H](O)c2ccccc2CCCCCCO1. The van der Waals surface area contributed by atoms with Crippen LogP contribution in [-0.2, 0) is 16.0 Å². The molecule has 108 valence electrons. The molecule has 0 radical (unpaired) electrons. The molecule has 1 aromatic carbocycles. The zero-order chi connectivity index (χ0) is 14.2. The number of rotatable bonds is 0. The maximum atomic E-state index is 11.4.